The SMILES string of the molecule is CC(C)n1ncc(Br)c1C(O)c1ccc(Cl)c(Br)c1. The van der Waals surface area contributed by atoms with Crippen LogP contribution in [0.25, 0.3) is 0 Å². The molecular formula is C13H13Br2ClN2O. The second-order valence-electron chi connectivity index (χ2n) is 4.49. The lowest BCUT2D eigenvalue weighted by molar-refractivity contribution is 0.204. The van der Waals surface area contributed by atoms with E-state index in [0.717, 1.165) is 20.2 Å². The summed E-state index contributed by atoms with van der Waals surface area (Å²) in [5.74, 6) is 0. The van der Waals surface area contributed by atoms with Crippen LogP contribution in [0.3, 0.4) is 0 Å². The number of hydrogen-bond donors (Lipinski definition) is 1. The van der Waals surface area contributed by atoms with Crippen molar-refractivity contribution in [1.82, 2.24) is 9.78 Å². The molecule has 0 saturated carbocycles. The quantitative estimate of drug-likeness (QED) is 0.798. The topological polar surface area (TPSA) is 38.0 Å². The summed E-state index contributed by atoms with van der Waals surface area (Å²) in [5.41, 5.74) is 1.50. The highest BCUT2D eigenvalue weighted by Crippen LogP contribution is 2.33. The monoisotopic (exact) mass is 406 g/mol. The third-order valence-corrected chi connectivity index (χ3v) is 4.62. The summed E-state index contributed by atoms with van der Waals surface area (Å²) in [6.45, 7) is 4.04. The number of benzene rings is 1. The van der Waals surface area contributed by atoms with Crippen molar-refractivity contribution >= 4 is 43.5 Å². The first kappa shape index (κ1) is 15.0. The maximum Gasteiger partial charge on any atom is 0.122 e. The third kappa shape index (κ3) is 3.05. The highest BCUT2D eigenvalue weighted by Gasteiger charge is 2.21. The maximum absolute atomic E-state index is 10.6. The molecule has 2 aromatic rings. The number of aliphatic hydroxyl groups excluding tert-OH is 1. The smallest absolute Gasteiger partial charge is 0.122 e. The minimum absolute atomic E-state index is 0.173. The van der Waals surface area contributed by atoms with Gasteiger partial charge in [0, 0.05) is 10.5 Å². The van der Waals surface area contributed by atoms with Crippen molar-refractivity contribution in [3.8, 4) is 0 Å². The molecule has 0 aliphatic rings. The van der Waals surface area contributed by atoms with Crippen molar-refractivity contribution in [2.75, 3.05) is 0 Å². The van der Waals surface area contributed by atoms with Gasteiger partial charge in [0.25, 0.3) is 0 Å². The number of halogens is 3. The number of aliphatic hydroxyl groups is 1. The maximum atomic E-state index is 10.6. The lowest BCUT2D eigenvalue weighted by atomic mass is 10.1. The van der Waals surface area contributed by atoms with Crippen LogP contribution < -0.4 is 0 Å². The molecule has 1 atom stereocenters. The van der Waals surface area contributed by atoms with Crippen LogP contribution in [0.4, 0.5) is 0 Å². The van der Waals surface area contributed by atoms with Crippen molar-refractivity contribution in [1.29, 1.82) is 0 Å². The predicted octanol–water partition coefficient (Wildman–Crippen LogP) is 4.72. The fourth-order valence-corrected chi connectivity index (χ4v) is 2.86. The van der Waals surface area contributed by atoms with E-state index >= 15 is 0 Å². The Bertz CT molecular complexity index is 598. The van der Waals surface area contributed by atoms with E-state index < -0.39 is 6.10 Å². The molecule has 102 valence electrons. The van der Waals surface area contributed by atoms with Gasteiger partial charge in [0.15, 0.2) is 0 Å². The van der Waals surface area contributed by atoms with Crippen LogP contribution >= 0.6 is 43.5 Å². The largest absolute Gasteiger partial charge is 0.382 e. The Kier molecular flexibility index (Phi) is 4.71. The van der Waals surface area contributed by atoms with Crippen LogP contribution in [0.2, 0.25) is 5.02 Å². The van der Waals surface area contributed by atoms with E-state index in [4.69, 9.17) is 11.6 Å². The fraction of sp³-hybridized carbons (Fsp3) is 0.308. The van der Waals surface area contributed by atoms with Crippen LogP contribution in [0, 0.1) is 0 Å². The minimum atomic E-state index is -0.757. The van der Waals surface area contributed by atoms with Crippen LogP contribution in [0.15, 0.2) is 33.3 Å². The zero-order chi connectivity index (χ0) is 14.2. The molecule has 1 unspecified atom stereocenters. The standard InChI is InChI=1S/C13H13Br2ClN2O/c1-7(2)18-12(10(15)6-17-18)13(19)8-3-4-11(16)9(14)5-8/h3-7,13,19H,1-2H3. The van der Waals surface area contributed by atoms with Crippen molar-refractivity contribution in [3.05, 3.63) is 49.6 Å². The molecule has 1 heterocycles. The molecule has 0 spiro atoms. The molecule has 3 nitrogen and oxygen atoms in total. The summed E-state index contributed by atoms with van der Waals surface area (Å²) in [5, 5.41) is 15.4. The molecular weight excluding hydrogens is 395 g/mol. The Hall–Kier alpha value is -0.360. The van der Waals surface area contributed by atoms with Gasteiger partial charge < -0.3 is 5.11 Å². The molecule has 0 bridgehead atoms. The van der Waals surface area contributed by atoms with E-state index in [2.05, 4.69) is 37.0 Å². The number of rotatable bonds is 3. The first-order valence-corrected chi connectivity index (χ1v) is 7.74. The van der Waals surface area contributed by atoms with Crippen molar-refractivity contribution in [3.63, 3.8) is 0 Å². The van der Waals surface area contributed by atoms with E-state index in [1.165, 1.54) is 0 Å². The second kappa shape index (κ2) is 5.95. The molecule has 0 aliphatic carbocycles. The Morgan fingerprint density at radius 2 is 1.95 bits per heavy atom. The Balaban J connectivity index is 2.46. The Morgan fingerprint density at radius 1 is 1.26 bits per heavy atom. The summed E-state index contributed by atoms with van der Waals surface area (Å²) >= 11 is 12.8. The third-order valence-electron chi connectivity index (χ3n) is 2.79. The van der Waals surface area contributed by atoms with Crippen molar-refractivity contribution in [2.24, 2.45) is 0 Å². The van der Waals surface area contributed by atoms with Gasteiger partial charge in [-0.05, 0) is 63.4 Å². The van der Waals surface area contributed by atoms with E-state index in [1.807, 2.05) is 26.0 Å². The summed E-state index contributed by atoms with van der Waals surface area (Å²) < 4.78 is 3.36. The molecule has 1 N–H and O–H groups in total. The van der Waals surface area contributed by atoms with Gasteiger partial charge in [-0.1, -0.05) is 17.7 Å². The molecule has 0 fully saturated rings. The first-order valence-electron chi connectivity index (χ1n) is 5.77. The Morgan fingerprint density at radius 3 is 2.53 bits per heavy atom. The normalized spacial score (nSPS) is 13.0. The lowest BCUT2D eigenvalue weighted by Crippen LogP contribution is -2.12. The second-order valence-corrected chi connectivity index (χ2v) is 6.61. The first-order chi connectivity index (χ1) is 8.91. The molecule has 19 heavy (non-hydrogen) atoms. The average molecular weight is 409 g/mol. The molecule has 2 rings (SSSR count). The van der Waals surface area contributed by atoms with Gasteiger partial charge in [0.1, 0.15) is 6.10 Å². The fourth-order valence-electron chi connectivity index (χ4n) is 1.86. The number of hydrogen-bond acceptors (Lipinski definition) is 2. The van der Waals surface area contributed by atoms with Crippen molar-refractivity contribution < 1.29 is 5.11 Å². The highest BCUT2D eigenvalue weighted by molar-refractivity contribution is 9.10. The van der Waals surface area contributed by atoms with Gasteiger partial charge in [-0.3, -0.25) is 4.68 Å². The number of aromatic nitrogens is 2. The molecule has 0 aliphatic heterocycles. The van der Waals surface area contributed by atoms with Crippen LogP contribution in [-0.4, -0.2) is 14.9 Å². The van der Waals surface area contributed by atoms with Crippen molar-refractivity contribution in [2.45, 2.75) is 26.0 Å². The summed E-state index contributed by atoms with van der Waals surface area (Å²) in [7, 11) is 0. The van der Waals surface area contributed by atoms with E-state index in [0.29, 0.717) is 5.02 Å². The minimum Gasteiger partial charge on any atom is -0.382 e. The molecule has 1 aromatic carbocycles. The van der Waals surface area contributed by atoms with Gasteiger partial charge in [0.05, 0.1) is 21.4 Å². The lowest BCUT2D eigenvalue weighted by Gasteiger charge is -2.17. The summed E-state index contributed by atoms with van der Waals surface area (Å²) in [6.07, 6.45) is 0.941. The van der Waals surface area contributed by atoms with Gasteiger partial charge >= 0.3 is 0 Å². The van der Waals surface area contributed by atoms with Gasteiger partial charge in [-0.15, -0.1) is 0 Å². The number of nitrogens with zero attached hydrogens (tertiary/aromatic N) is 2. The Labute approximate surface area is 133 Å². The van der Waals surface area contributed by atoms with E-state index in [1.54, 1.807) is 16.9 Å². The van der Waals surface area contributed by atoms with Crippen LogP contribution in [0.5, 0.6) is 0 Å². The molecule has 6 heteroatoms. The van der Waals surface area contributed by atoms with E-state index in [-0.39, 0.29) is 6.04 Å². The van der Waals surface area contributed by atoms with Crippen LogP contribution in [0.1, 0.15) is 37.3 Å². The van der Waals surface area contributed by atoms with Gasteiger partial charge in [-0.25, -0.2) is 0 Å². The zero-order valence-electron chi connectivity index (χ0n) is 10.4. The van der Waals surface area contributed by atoms with E-state index in [9.17, 15) is 5.11 Å². The predicted molar refractivity (Wildman–Crippen MR) is 83.5 cm³/mol. The van der Waals surface area contributed by atoms with Crippen LogP contribution in [-0.2, 0) is 0 Å². The van der Waals surface area contributed by atoms with Gasteiger partial charge in [-0.2, -0.15) is 5.10 Å². The molecule has 0 radical (unpaired) electrons. The summed E-state index contributed by atoms with van der Waals surface area (Å²) in [6, 6.07) is 5.55. The molecule has 0 saturated heterocycles. The molecule has 0 amide bonds. The summed E-state index contributed by atoms with van der Waals surface area (Å²) in [4.78, 5) is 0. The highest BCUT2D eigenvalue weighted by atomic mass is 79.9. The molecule has 1 aromatic heterocycles. The average Bonchev–Trinajstić information content (AvgIpc) is 2.74. The zero-order valence-corrected chi connectivity index (χ0v) is 14.4. The van der Waals surface area contributed by atoms with Gasteiger partial charge in [0.2, 0.25) is 0 Å².